The molecule has 4 aromatic carbocycles. The Labute approximate surface area is 190 Å². The average molecular weight is 464 g/mol. The molecule has 6 N–H and O–H groups in total. The summed E-state index contributed by atoms with van der Waals surface area (Å²) in [5, 5.41) is 19.0. The van der Waals surface area contributed by atoms with E-state index in [-0.39, 0.29) is 32.7 Å². The first-order valence-corrected chi connectivity index (χ1v) is 11.2. The number of aromatic hydroxyl groups is 2. The van der Waals surface area contributed by atoms with Crippen LogP contribution in [0.1, 0.15) is 0 Å². The first kappa shape index (κ1) is 21.8. The molecule has 33 heavy (non-hydrogen) atoms. The van der Waals surface area contributed by atoms with Crippen molar-refractivity contribution < 1.29 is 28.1 Å². The molecule has 8 nitrogen and oxygen atoms in total. The van der Waals surface area contributed by atoms with Crippen molar-refractivity contribution in [3.05, 3.63) is 84.9 Å². The summed E-state index contributed by atoms with van der Waals surface area (Å²) in [7, 11) is -3.76. The number of rotatable bonds is 6. The fourth-order valence-corrected chi connectivity index (χ4v) is 4.24. The lowest BCUT2D eigenvalue weighted by atomic mass is 10.3. The zero-order valence-corrected chi connectivity index (χ0v) is 18.0. The summed E-state index contributed by atoms with van der Waals surface area (Å²) in [6.07, 6.45) is 0. The molecule has 0 aromatic heterocycles. The second-order valence-electron chi connectivity index (χ2n) is 7.09. The van der Waals surface area contributed by atoms with Crippen LogP contribution in [-0.2, 0) is 9.84 Å². The number of phenolic OH excluding ortho intramolecular Hbond substituents is 2. The largest absolute Gasteiger partial charge is 0.506 e. The number of sulfone groups is 1. The third-order valence-corrected chi connectivity index (χ3v) is 6.52. The van der Waals surface area contributed by atoms with E-state index in [1.165, 1.54) is 72.8 Å². The van der Waals surface area contributed by atoms with Crippen molar-refractivity contribution in [2.24, 2.45) is 0 Å². The maximum atomic E-state index is 13.0. The summed E-state index contributed by atoms with van der Waals surface area (Å²) in [4.78, 5) is 0.195. The van der Waals surface area contributed by atoms with Gasteiger partial charge >= 0.3 is 0 Å². The Morgan fingerprint density at radius 2 is 0.879 bits per heavy atom. The maximum Gasteiger partial charge on any atom is 0.206 e. The van der Waals surface area contributed by atoms with E-state index in [0.717, 1.165) is 0 Å². The lowest BCUT2D eigenvalue weighted by Crippen LogP contribution is -2.02. The van der Waals surface area contributed by atoms with Crippen LogP contribution in [0.2, 0.25) is 0 Å². The van der Waals surface area contributed by atoms with E-state index >= 15 is 0 Å². The van der Waals surface area contributed by atoms with Gasteiger partial charge in [-0.15, -0.1) is 0 Å². The fourth-order valence-electron chi connectivity index (χ4n) is 2.97. The Morgan fingerprint density at radius 3 is 1.21 bits per heavy atom. The third kappa shape index (κ3) is 4.78. The second kappa shape index (κ2) is 8.64. The Bertz CT molecular complexity index is 1300. The Kier molecular flexibility index (Phi) is 5.72. The molecule has 4 rings (SSSR count). The van der Waals surface area contributed by atoms with E-state index in [4.69, 9.17) is 20.9 Å². The van der Waals surface area contributed by atoms with Crippen molar-refractivity contribution in [3.63, 3.8) is 0 Å². The minimum Gasteiger partial charge on any atom is -0.506 e. The fraction of sp³-hybridized carbons (Fsp3) is 0. The van der Waals surface area contributed by atoms with E-state index in [2.05, 4.69) is 0 Å². The van der Waals surface area contributed by atoms with Gasteiger partial charge in [-0.2, -0.15) is 0 Å². The summed E-state index contributed by atoms with van der Waals surface area (Å²) < 4.78 is 37.2. The van der Waals surface area contributed by atoms with Gasteiger partial charge in [-0.1, -0.05) is 0 Å². The Morgan fingerprint density at radius 1 is 0.545 bits per heavy atom. The first-order chi connectivity index (χ1) is 15.7. The molecule has 9 heteroatoms. The molecule has 0 aliphatic carbocycles. The Hall–Kier alpha value is -4.37. The Balaban J connectivity index is 1.49. The molecule has 0 saturated heterocycles. The summed E-state index contributed by atoms with van der Waals surface area (Å²) in [6.45, 7) is 0. The molecular weight excluding hydrogens is 444 g/mol. The van der Waals surface area contributed by atoms with Gasteiger partial charge in [0.25, 0.3) is 0 Å². The predicted molar refractivity (Wildman–Crippen MR) is 124 cm³/mol. The lowest BCUT2D eigenvalue weighted by molar-refractivity contribution is 0.466. The van der Waals surface area contributed by atoms with Gasteiger partial charge in [0.1, 0.15) is 34.5 Å². The average Bonchev–Trinajstić information content (AvgIpc) is 2.80. The predicted octanol–water partition coefficient (Wildman–Crippen LogP) is 4.68. The highest BCUT2D eigenvalue weighted by Gasteiger charge is 2.18. The monoisotopic (exact) mass is 464 g/mol. The smallest absolute Gasteiger partial charge is 0.206 e. The third-order valence-electron chi connectivity index (χ3n) is 4.74. The van der Waals surface area contributed by atoms with Crippen LogP contribution in [0, 0.1) is 0 Å². The van der Waals surface area contributed by atoms with Gasteiger partial charge in [0.15, 0.2) is 0 Å². The highest BCUT2D eigenvalue weighted by atomic mass is 32.2. The number of anilines is 2. The van der Waals surface area contributed by atoms with Crippen molar-refractivity contribution in [1.82, 2.24) is 0 Å². The molecule has 0 atom stereocenters. The van der Waals surface area contributed by atoms with Gasteiger partial charge in [-0.25, -0.2) is 8.42 Å². The van der Waals surface area contributed by atoms with Crippen LogP contribution in [0.25, 0.3) is 0 Å². The van der Waals surface area contributed by atoms with Gasteiger partial charge in [0.2, 0.25) is 9.84 Å². The van der Waals surface area contributed by atoms with E-state index in [1.54, 1.807) is 12.1 Å². The molecule has 0 fully saturated rings. The number of hydrogen-bond donors (Lipinski definition) is 4. The van der Waals surface area contributed by atoms with Gasteiger partial charge in [-0.3, -0.25) is 0 Å². The first-order valence-electron chi connectivity index (χ1n) is 9.70. The van der Waals surface area contributed by atoms with Crippen LogP contribution in [0.4, 0.5) is 11.4 Å². The van der Waals surface area contributed by atoms with Crippen LogP contribution >= 0.6 is 0 Å². The van der Waals surface area contributed by atoms with Crippen molar-refractivity contribution >= 4 is 21.2 Å². The SMILES string of the molecule is Nc1cc(Oc2ccc(S(=O)(=O)c3ccc(Oc4ccc(O)c(N)c4)cc3)cc2)ccc1O. The van der Waals surface area contributed by atoms with E-state index < -0.39 is 9.84 Å². The molecule has 0 aliphatic rings. The number of nitrogen functional groups attached to an aromatic ring is 2. The van der Waals surface area contributed by atoms with E-state index in [9.17, 15) is 18.6 Å². The van der Waals surface area contributed by atoms with Crippen LogP contribution in [0.15, 0.2) is 94.7 Å². The van der Waals surface area contributed by atoms with Crippen LogP contribution < -0.4 is 20.9 Å². The normalized spacial score (nSPS) is 11.2. The minimum absolute atomic E-state index is 0.0487. The van der Waals surface area contributed by atoms with E-state index in [0.29, 0.717) is 23.0 Å². The molecule has 0 heterocycles. The summed E-state index contributed by atoms with van der Waals surface area (Å²) in [5.74, 6) is 1.55. The highest BCUT2D eigenvalue weighted by Crippen LogP contribution is 2.32. The van der Waals surface area contributed by atoms with Crippen LogP contribution in [0.3, 0.4) is 0 Å². The van der Waals surface area contributed by atoms with Crippen molar-refractivity contribution in [1.29, 1.82) is 0 Å². The van der Waals surface area contributed by atoms with Gasteiger partial charge < -0.3 is 31.2 Å². The van der Waals surface area contributed by atoms with Crippen molar-refractivity contribution in [3.8, 4) is 34.5 Å². The second-order valence-corrected chi connectivity index (χ2v) is 9.04. The molecule has 4 aromatic rings. The standard InChI is InChI=1S/C24H20N2O6S/c25-21-13-17(5-11-23(21)27)31-15-1-7-19(8-2-15)33(29,30)20-9-3-16(4-10-20)32-18-6-12-24(28)22(26)14-18/h1-14,27-28H,25-26H2. The number of hydrogen-bond acceptors (Lipinski definition) is 8. The number of ether oxygens (including phenoxy) is 2. The molecule has 0 saturated carbocycles. The highest BCUT2D eigenvalue weighted by molar-refractivity contribution is 7.91. The topological polar surface area (TPSA) is 145 Å². The molecule has 0 spiro atoms. The quantitative estimate of drug-likeness (QED) is 0.238. The molecule has 0 bridgehead atoms. The molecule has 0 radical (unpaired) electrons. The zero-order valence-electron chi connectivity index (χ0n) is 17.2. The van der Waals surface area contributed by atoms with Crippen molar-refractivity contribution in [2.75, 3.05) is 11.5 Å². The summed E-state index contributed by atoms with van der Waals surface area (Å²) in [5.41, 5.74) is 11.7. The molecule has 0 amide bonds. The lowest BCUT2D eigenvalue weighted by Gasteiger charge is -2.10. The van der Waals surface area contributed by atoms with Crippen LogP contribution in [0.5, 0.6) is 34.5 Å². The molecule has 0 unspecified atom stereocenters. The van der Waals surface area contributed by atoms with Crippen LogP contribution in [-0.4, -0.2) is 18.6 Å². The summed E-state index contributed by atoms with van der Waals surface area (Å²) in [6, 6.07) is 20.7. The number of benzene rings is 4. The van der Waals surface area contributed by atoms with Gasteiger partial charge in [0.05, 0.1) is 21.2 Å². The van der Waals surface area contributed by atoms with Crippen molar-refractivity contribution in [2.45, 2.75) is 9.79 Å². The summed E-state index contributed by atoms with van der Waals surface area (Å²) >= 11 is 0. The molecule has 0 aliphatic heterocycles. The maximum absolute atomic E-state index is 13.0. The number of phenols is 2. The molecular formula is C24H20N2O6S. The zero-order chi connectivity index (χ0) is 23.6. The molecule has 168 valence electrons. The number of nitrogens with two attached hydrogens (primary N) is 2. The van der Waals surface area contributed by atoms with Gasteiger partial charge in [-0.05, 0) is 72.8 Å². The minimum atomic E-state index is -3.76. The van der Waals surface area contributed by atoms with E-state index in [1.807, 2.05) is 0 Å². The van der Waals surface area contributed by atoms with Gasteiger partial charge in [0, 0.05) is 12.1 Å².